The molecule has 13 N–H and O–H groups in total. The van der Waals surface area contributed by atoms with Gasteiger partial charge in [-0.05, 0) is 25.7 Å². The molecule has 0 radical (unpaired) electrons. The minimum absolute atomic E-state index is 0.0967. The van der Waals surface area contributed by atoms with Crippen molar-refractivity contribution in [2.45, 2.75) is 56.7 Å². The molecule has 14 nitrogen and oxygen atoms in total. The average Bonchev–Trinajstić information content (AvgIpc) is 2.64. The molecule has 170 valence electrons. The van der Waals surface area contributed by atoms with Gasteiger partial charge in [-0.15, -0.1) is 0 Å². The number of hydrogen-bond acceptors (Lipinski definition) is 7. The second kappa shape index (κ2) is 13.7. The van der Waals surface area contributed by atoms with Crippen LogP contribution in [0.2, 0.25) is 0 Å². The van der Waals surface area contributed by atoms with Gasteiger partial charge in [-0.1, -0.05) is 0 Å². The lowest BCUT2D eigenvalue weighted by Gasteiger charge is -2.22. The molecule has 0 bridgehead atoms. The van der Waals surface area contributed by atoms with E-state index in [9.17, 15) is 29.1 Å². The van der Waals surface area contributed by atoms with Crippen molar-refractivity contribution >= 4 is 35.6 Å². The van der Waals surface area contributed by atoms with Crippen LogP contribution in [0.5, 0.6) is 0 Å². The molecule has 3 atom stereocenters. The van der Waals surface area contributed by atoms with Gasteiger partial charge in [0, 0.05) is 19.4 Å². The van der Waals surface area contributed by atoms with Gasteiger partial charge in [-0.2, -0.15) is 0 Å². The van der Waals surface area contributed by atoms with Crippen molar-refractivity contribution in [3.05, 3.63) is 0 Å². The summed E-state index contributed by atoms with van der Waals surface area (Å²) in [7, 11) is 0. The molecule has 4 amide bonds. The second-order valence-corrected chi connectivity index (χ2v) is 6.53. The highest BCUT2D eigenvalue weighted by Gasteiger charge is 2.28. The Labute approximate surface area is 173 Å². The van der Waals surface area contributed by atoms with Crippen LogP contribution in [0.25, 0.3) is 0 Å². The van der Waals surface area contributed by atoms with Gasteiger partial charge >= 0.3 is 5.97 Å². The summed E-state index contributed by atoms with van der Waals surface area (Å²) in [6, 6.07) is -3.66. The summed E-state index contributed by atoms with van der Waals surface area (Å²) in [6.45, 7) is 0.259. The third-order valence-corrected chi connectivity index (χ3v) is 3.91. The summed E-state index contributed by atoms with van der Waals surface area (Å²) < 4.78 is 0. The zero-order chi connectivity index (χ0) is 23.3. The van der Waals surface area contributed by atoms with Gasteiger partial charge in [0.2, 0.25) is 23.6 Å². The van der Waals surface area contributed by atoms with Crippen LogP contribution in [-0.2, 0) is 24.0 Å². The normalized spacial score (nSPS) is 13.4. The fourth-order valence-electron chi connectivity index (χ4n) is 2.30. The standard InChI is InChI=1S/C16H30N8O6/c17-8(2-1-7-22-16(20)21)13(27)23-9(3-5-11(18)25)14(28)24-10(15(29)30)4-6-12(19)26/h8-10H,1-7,17H2,(H2,18,25)(H2,19,26)(H,23,27)(H,24,28)(H,29,30)(H4,20,21,22). The summed E-state index contributed by atoms with van der Waals surface area (Å²) in [5.74, 6) is -4.49. The molecule has 0 aromatic carbocycles. The molecule has 0 saturated heterocycles. The van der Waals surface area contributed by atoms with E-state index in [1.165, 1.54) is 0 Å². The number of guanidine groups is 1. The van der Waals surface area contributed by atoms with Gasteiger partial charge in [0.15, 0.2) is 5.96 Å². The van der Waals surface area contributed by atoms with Crippen LogP contribution in [-0.4, -0.2) is 65.3 Å². The average molecular weight is 430 g/mol. The summed E-state index contributed by atoms with van der Waals surface area (Å²) in [5.41, 5.74) is 26.2. The van der Waals surface area contributed by atoms with Crippen molar-refractivity contribution in [1.82, 2.24) is 10.6 Å². The number of carbonyl (C=O) groups excluding carboxylic acids is 4. The molecule has 0 aliphatic rings. The van der Waals surface area contributed by atoms with Crippen molar-refractivity contribution in [2.24, 2.45) is 33.7 Å². The van der Waals surface area contributed by atoms with Crippen LogP contribution in [0.15, 0.2) is 4.99 Å². The third kappa shape index (κ3) is 12.1. The van der Waals surface area contributed by atoms with E-state index in [-0.39, 0.29) is 44.6 Å². The largest absolute Gasteiger partial charge is 0.480 e. The maximum atomic E-state index is 12.5. The number of nitrogens with one attached hydrogen (secondary N) is 2. The van der Waals surface area contributed by atoms with Gasteiger partial charge < -0.3 is 44.4 Å². The fraction of sp³-hybridized carbons (Fsp3) is 0.625. The van der Waals surface area contributed by atoms with Crippen molar-refractivity contribution in [3.8, 4) is 0 Å². The lowest BCUT2D eigenvalue weighted by molar-refractivity contribution is -0.142. The molecule has 0 spiro atoms. The minimum atomic E-state index is -1.41. The predicted molar refractivity (Wildman–Crippen MR) is 106 cm³/mol. The van der Waals surface area contributed by atoms with Gasteiger partial charge in [-0.3, -0.25) is 24.2 Å². The number of primary amides is 2. The number of nitrogens with two attached hydrogens (primary N) is 5. The van der Waals surface area contributed by atoms with E-state index in [0.717, 1.165) is 0 Å². The molecule has 0 aliphatic carbocycles. The number of carboxylic acids is 1. The van der Waals surface area contributed by atoms with E-state index in [2.05, 4.69) is 15.6 Å². The number of nitrogens with zero attached hydrogens (tertiary/aromatic N) is 1. The summed E-state index contributed by atoms with van der Waals surface area (Å²) in [5, 5.41) is 13.8. The first-order chi connectivity index (χ1) is 13.9. The first kappa shape index (κ1) is 26.6. The number of aliphatic imine (C=N–C) groups is 1. The Morgan fingerprint density at radius 3 is 1.77 bits per heavy atom. The molecule has 0 aliphatic heterocycles. The van der Waals surface area contributed by atoms with Crippen LogP contribution in [0.1, 0.15) is 38.5 Å². The van der Waals surface area contributed by atoms with Crippen molar-refractivity contribution in [2.75, 3.05) is 6.54 Å². The third-order valence-electron chi connectivity index (χ3n) is 3.91. The fourth-order valence-corrected chi connectivity index (χ4v) is 2.30. The van der Waals surface area contributed by atoms with Crippen molar-refractivity contribution in [3.63, 3.8) is 0 Å². The van der Waals surface area contributed by atoms with Crippen LogP contribution in [0.3, 0.4) is 0 Å². The first-order valence-electron chi connectivity index (χ1n) is 9.15. The molecule has 0 aromatic rings. The smallest absolute Gasteiger partial charge is 0.326 e. The highest BCUT2D eigenvalue weighted by Crippen LogP contribution is 2.04. The van der Waals surface area contributed by atoms with Gasteiger partial charge in [0.25, 0.3) is 0 Å². The van der Waals surface area contributed by atoms with Crippen LogP contribution < -0.4 is 39.3 Å². The zero-order valence-electron chi connectivity index (χ0n) is 16.5. The summed E-state index contributed by atoms with van der Waals surface area (Å²) >= 11 is 0. The molecular formula is C16H30N8O6. The van der Waals surface area contributed by atoms with Crippen molar-refractivity contribution in [1.29, 1.82) is 0 Å². The topological polar surface area (TPSA) is 272 Å². The van der Waals surface area contributed by atoms with E-state index in [1.807, 2.05) is 0 Å². The SMILES string of the molecule is NC(=O)CCC(NC(=O)C(CCC(N)=O)NC(=O)C(N)CCCN=C(N)N)C(=O)O. The molecule has 3 unspecified atom stereocenters. The van der Waals surface area contributed by atoms with Crippen LogP contribution in [0.4, 0.5) is 0 Å². The van der Waals surface area contributed by atoms with E-state index >= 15 is 0 Å². The Kier molecular flexibility index (Phi) is 12.1. The zero-order valence-corrected chi connectivity index (χ0v) is 16.5. The molecule has 0 aromatic heterocycles. The highest BCUT2D eigenvalue weighted by atomic mass is 16.4. The number of aliphatic carboxylic acids is 1. The first-order valence-corrected chi connectivity index (χ1v) is 9.15. The quantitative estimate of drug-likeness (QED) is 0.0711. The van der Waals surface area contributed by atoms with Gasteiger partial charge in [0.1, 0.15) is 12.1 Å². The van der Waals surface area contributed by atoms with E-state index in [4.69, 9.17) is 28.7 Å². The summed E-state index contributed by atoms with van der Waals surface area (Å²) in [6.07, 6.45) is -0.303. The van der Waals surface area contributed by atoms with Crippen molar-refractivity contribution < 1.29 is 29.1 Å². The molecular weight excluding hydrogens is 400 g/mol. The molecule has 0 rings (SSSR count). The van der Waals surface area contributed by atoms with E-state index < -0.39 is 47.7 Å². The number of hydrogen-bond donors (Lipinski definition) is 8. The Balaban J connectivity index is 5.01. The van der Waals surface area contributed by atoms with Crippen LogP contribution in [0, 0.1) is 0 Å². The Morgan fingerprint density at radius 2 is 1.30 bits per heavy atom. The van der Waals surface area contributed by atoms with Gasteiger partial charge in [-0.25, -0.2) is 4.79 Å². The highest BCUT2D eigenvalue weighted by molar-refractivity contribution is 5.92. The van der Waals surface area contributed by atoms with Gasteiger partial charge in [0.05, 0.1) is 6.04 Å². The Hall–Kier alpha value is -3.42. The lowest BCUT2D eigenvalue weighted by atomic mass is 10.1. The molecule has 0 heterocycles. The minimum Gasteiger partial charge on any atom is -0.480 e. The monoisotopic (exact) mass is 430 g/mol. The van der Waals surface area contributed by atoms with E-state index in [1.54, 1.807) is 0 Å². The number of rotatable bonds is 15. The van der Waals surface area contributed by atoms with E-state index in [0.29, 0.717) is 6.42 Å². The number of carbonyl (C=O) groups is 5. The Bertz CT molecular complexity index is 664. The molecule has 30 heavy (non-hydrogen) atoms. The number of amides is 4. The van der Waals surface area contributed by atoms with Crippen LogP contribution >= 0.6 is 0 Å². The molecule has 0 fully saturated rings. The number of carboxylic acid groups (broad SMARTS) is 1. The summed E-state index contributed by atoms with van der Waals surface area (Å²) in [4.78, 5) is 61.7. The Morgan fingerprint density at radius 1 is 0.800 bits per heavy atom. The molecule has 0 saturated carbocycles. The maximum absolute atomic E-state index is 12.5. The maximum Gasteiger partial charge on any atom is 0.326 e. The lowest BCUT2D eigenvalue weighted by Crippen LogP contribution is -2.54. The predicted octanol–water partition coefficient (Wildman–Crippen LogP) is -4.05. The second-order valence-electron chi connectivity index (χ2n) is 6.53. The molecule has 14 heteroatoms.